The Balaban J connectivity index is 0.729. The summed E-state index contributed by atoms with van der Waals surface area (Å²) in [4.78, 5) is 0. The van der Waals surface area contributed by atoms with Crippen molar-refractivity contribution in [3.8, 4) is 102 Å². The van der Waals surface area contributed by atoms with Crippen LogP contribution < -0.4 is 18.9 Å². The number of rotatable bonds is 39. The second-order valence-electron chi connectivity index (χ2n) is 34.7. The summed E-state index contributed by atoms with van der Waals surface area (Å²) in [6.45, 7) is 25.0. The molecule has 2 aliphatic rings. The molecule has 0 spiro atoms. The first-order valence-corrected chi connectivity index (χ1v) is 45.8. The molecule has 7 nitrogen and oxygen atoms in total. The molecule has 14 aromatic rings. The molecule has 0 fully saturated rings. The molecule has 0 saturated carbocycles. The van der Waals surface area contributed by atoms with E-state index in [1.807, 2.05) is 0 Å². The first-order chi connectivity index (χ1) is 59.3. The van der Waals surface area contributed by atoms with Gasteiger partial charge in [0, 0.05) is 11.1 Å². The average molecular weight is 1600 g/mol. The van der Waals surface area contributed by atoms with Gasteiger partial charge in [0.1, 0.15) is 0 Å². The number of unbranched alkanes of at least 4 members (excludes halogenated alkanes) is 18. The highest BCUT2D eigenvalue weighted by Gasteiger charge is 2.49. The highest BCUT2D eigenvalue weighted by atomic mass is 16.5. The fraction of sp³-hybridized carbons (Fsp3) is 0.333. The Morgan fingerprint density at radius 1 is 0.248 bits per heavy atom. The maximum absolute atomic E-state index is 7.08. The zero-order valence-corrected chi connectivity index (χ0v) is 73.4. The first kappa shape index (κ1) is 83.4. The number of hydrogen-bond acceptors (Lipinski definition) is 7. The molecule has 618 valence electrons. The molecule has 1 heterocycles. The zero-order valence-electron chi connectivity index (χ0n) is 73.4. The zero-order chi connectivity index (χ0) is 83.4. The highest BCUT2D eigenvalue weighted by Crippen LogP contribution is 2.61. The standard InChI is InChI=1S/C114H122N2O5/c1-11-15-19-21-23-25-27-38-66-118-106-63-55-89(76-108(106)120-67-39-28-26-24-22-20-16-12-2)114(100-68-77(5)46-49-80(100)8)102-70-79(7)48-57-93(102)95-61-52-85(74-104(95)114)110-98-44-34-32-42-96(98)109(97-43-33-35-45-99(97)110)84-51-59-91(82(10)71-84)112-116-115-111(121-112)86-53-58-90(81(9)72-86)83-50-60-94-92-56-47-78(6)69-101(92)113(103(94)73-83,87-40-30-29-31-41-87)88-54-62-105(117-64-36-17-13-3)107(75-88)119-65-37-18-14-4/h29-35,40-63,68-76H,11-28,36-39,64-67H2,1-10H3. The van der Waals surface area contributed by atoms with E-state index in [0.717, 1.165) is 125 Å². The first-order valence-electron chi connectivity index (χ1n) is 45.8. The van der Waals surface area contributed by atoms with E-state index in [1.165, 1.54) is 205 Å². The minimum atomic E-state index is -0.716. The van der Waals surface area contributed by atoms with Crippen LogP contribution in [0.25, 0.3) is 100 Å². The summed E-state index contributed by atoms with van der Waals surface area (Å²) >= 11 is 0. The van der Waals surface area contributed by atoms with Gasteiger partial charge in [-0.25, -0.2) is 0 Å². The van der Waals surface area contributed by atoms with Gasteiger partial charge < -0.3 is 23.4 Å². The lowest BCUT2D eigenvalue weighted by atomic mass is 9.65. The summed E-state index contributed by atoms with van der Waals surface area (Å²) in [6, 6.07) is 91.7. The molecule has 121 heavy (non-hydrogen) atoms. The highest BCUT2D eigenvalue weighted by molar-refractivity contribution is 6.21. The molecule has 0 N–H and O–H groups in total. The van der Waals surface area contributed by atoms with E-state index >= 15 is 0 Å². The predicted octanol–water partition coefficient (Wildman–Crippen LogP) is 31.5. The summed E-state index contributed by atoms with van der Waals surface area (Å²) in [5.74, 6) is 4.22. The topological polar surface area (TPSA) is 75.8 Å². The number of fused-ring (bicyclic) bond motifs is 8. The van der Waals surface area contributed by atoms with E-state index in [-0.39, 0.29) is 0 Å². The molecule has 7 heteroatoms. The van der Waals surface area contributed by atoms with Gasteiger partial charge in [0.25, 0.3) is 0 Å². The van der Waals surface area contributed by atoms with Crippen molar-refractivity contribution in [2.45, 2.75) is 221 Å². The van der Waals surface area contributed by atoms with E-state index in [9.17, 15) is 0 Å². The van der Waals surface area contributed by atoms with Crippen LogP contribution in [0.4, 0.5) is 0 Å². The summed E-state index contributed by atoms with van der Waals surface area (Å²) in [6.07, 6.45) is 26.4. The fourth-order valence-electron chi connectivity index (χ4n) is 19.8. The Morgan fingerprint density at radius 3 is 1.12 bits per heavy atom. The van der Waals surface area contributed by atoms with Crippen LogP contribution in [0, 0.1) is 41.5 Å². The average Bonchev–Trinajstić information content (AvgIpc) is 1.55. The lowest BCUT2D eigenvalue weighted by Crippen LogP contribution is -2.30. The molecular formula is C114H122N2O5. The third kappa shape index (κ3) is 16.9. The maximum atomic E-state index is 7.08. The minimum absolute atomic E-state index is 0.473. The van der Waals surface area contributed by atoms with Crippen LogP contribution in [0.3, 0.4) is 0 Å². The second kappa shape index (κ2) is 38.2. The van der Waals surface area contributed by atoms with Gasteiger partial charge in [0.15, 0.2) is 23.0 Å². The van der Waals surface area contributed by atoms with E-state index in [0.29, 0.717) is 38.2 Å². The van der Waals surface area contributed by atoms with E-state index in [2.05, 4.69) is 312 Å². The van der Waals surface area contributed by atoms with Crippen LogP contribution in [0.5, 0.6) is 23.0 Å². The number of aryl methyl sites for hydroxylation is 6. The van der Waals surface area contributed by atoms with Crippen molar-refractivity contribution in [2.75, 3.05) is 26.4 Å². The fourth-order valence-corrected chi connectivity index (χ4v) is 19.8. The van der Waals surface area contributed by atoms with Crippen molar-refractivity contribution in [1.29, 1.82) is 0 Å². The number of aromatic nitrogens is 2. The van der Waals surface area contributed by atoms with Crippen LogP contribution in [0.2, 0.25) is 0 Å². The molecule has 2 aliphatic carbocycles. The predicted molar refractivity (Wildman–Crippen MR) is 506 cm³/mol. The van der Waals surface area contributed by atoms with E-state index in [4.69, 9.17) is 33.6 Å². The molecule has 0 saturated heterocycles. The van der Waals surface area contributed by atoms with Gasteiger partial charge in [0.05, 0.1) is 37.3 Å². The Morgan fingerprint density at radius 2 is 0.603 bits per heavy atom. The van der Waals surface area contributed by atoms with Gasteiger partial charge in [-0.3, -0.25) is 0 Å². The Hall–Kier alpha value is -11.3. The summed E-state index contributed by atoms with van der Waals surface area (Å²) < 4.78 is 34.0. The lowest BCUT2D eigenvalue weighted by Gasteiger charge is -2.36. The number of benzene rings is 13. The van der Waals surface area contributed by atoms with Gasteiger partial charge in [-0.2, -0.15) is 0 Å². The maximum Gasteiger partial charge on any atom is 0.248 e. The van der Waals surface area contributed by atoms with Crippen LogP contribution in [-0.2, 0) is 10.8 Å². The monoisotopic (exact) mass is 1600 g/mol. The van der Waals surface area contributed by atoms with Gasteiger partial charge >= 0.3 is 0 Å². The molecule has 0 bridgehead atoms. The van der Waals surface area contributed by atoms with E-state index < -0.39 is 10.8 Å². The SMILES string of the molecule is CCCCCCCCCCOc1ccc(C2(c3cc(C)ccc3C)c3cc(C)ccc3-c3ccc(-c4c5ccccc5c(-c5ccc(-c6nnc(-c7ccc(-c8ccc9c(c8)C(c8ccccc8)(c8ccc(OCCCCC)c(OCCCCC)c8)c8cc(C)ccc8-9)c(C)c7)o6)c(C)c5)c5ccccc45)cc32)cc1OCCCCCCCCCC. The van der Waals surface area contributed by atoms with Gasteiger partial charge in [-0.15, -0.1) is 10.2 Å². The number of hydrogen-bond donors (Lipinski definition) is 0. The van der Waals surface area contributed by atoms with Crippen molar-refractivity contribution in [2.24, 2.45) is 0 Å². The Bertz CT molecular complexity index is 5930. The molecule has 1 aromatic heterocycles. The molecule has 0 aliphatic heterocycles. The third-order valence-electron chi connectivity index (χ3n) is 26.0. The summed E-state index contributed by atoms with van der Waals surface area (Å²) in [5, 5.41) is 14.3. The van der Waals surface area contributed by atoms with Crippen molar-refractivity contribution in [1.82, 2.24) is 10.2 Å². The van der Waals surface area contributed by atoms with Crippen molar-refractivity contribution in [3.63, 3.8) is 0 Å². The van der Waals surface area contributed by atoms with Crippen molar-refractivity contribution < 1.29 is 23.4 Å². The molecular weight excluding hydrogens is 1480 g/mol. The summed E-state index contributed by atoms with van der Waals surface area (Å²) in [5.41, 5.74) is 29.3. The summed E-state index contributed by atoms with van der Waals surface area (Å²) in [7, 11) is 0. The van der Waals surface area contributed by atoms with Crippen LogP contribution in [0.15, 0.2) is 247 Å². The van der Waals surface area contributed by atoms with Crippen molar-refractivity contribution in [3.05, 3.63) is 321 Å². The Labute approximate surface area is 720 Å². The quantitative estimate of drug-likeness (QED) is 0.0281. The largest absolute Gasteiger partial charge is 0.490 e. The van der Waals surface area contributed by atoms with E-state index in [1.54, 1.807) is 0 Å². The molecule has 2 atom stereocenters. The van der Waals surface area contributed by atoms with Gasteiger partial charge in [0.2, 0.25) is 11.8 Å². The van der Waals surface area contributed by atoms with Crippen LogP contribution >= 0.6 is 0 Å². The molecule has 16 rings (SSSR count). The normalized spacial score (nSPS) is 14.5. The van der Waals surface area contributed by atoms with Crippen LogP contribution in [0.1, 0.15) is 247 Å². The third-order valence-corrected chi connectivity index (χ3v) is 26.0. The second-order valence-corrected chi connectivity index (χ2v) is 34.7. The lowest BCUT2D eigenvalue weighted by molar-refractivity contribution is 0.258. The van der Waals surface area contributed by atoms with Crippen molar-refractivity contribution >= 4 is 21.5 Å². The number of nitrogens with zero attached hydrogens (tertiary/aromatic N) is 2. The Kier molecular flexibility index (Phi) is 26.3. The van der Waals surface area contributed by atoms with Gasteiger partial charge in [-0.1, -0.05) is 348 Å². The van der Waals surface area contributed by atoms with Gasteiger partial charge in [-0.05, 0) is 260 Å². The molecule has 13 aromatic carbocycles. The smallest absolute Gasteiger partial charge is 0.248 e. The molecule has 0 radical (unpaired) electrons. The minimum Gasteiger partial charge on any atom is -0.490 e. The molecule has 0 amide bonds. The van der Waals surface area contributed by atoms with Crippen LogP contribution in [-0.4, -0.2) is 36.6 Å². The molecule has 2 unspecified atom stereocenters. The number of ether oxygens (including phenoxy) is 4.